The number of benzene rings is 1. The fraction of sp³-hybridized carbons (Fsp3) is 0.455. The Kier molecular flexibility index (Phi) is 6.93. The van der Waals surface area contributed by atoms with E-state index in [1.807, 2.05) is 12.3 Å². The number of amides is 1. The van der Waals surface area contributed by atoms with Crippen molar-refractivity contribution in [3.63, 3.8) is 0 Å². The van der Waals surface area contributed by atoms with Gasteiger partial charge in [-0.05, 0) is 56.2 Å². The molecule has 0 bridgehead atoms. The summed E-state index contributed by atoms with van der Waals surface area (Å²) in [4.78, 5) is 18.0. The molecule has 3 rings (SSSR count). The number of halogens is 5. The van der Waals surface area contributed by atoms with Gasteiger partial charge in [-0.25, -0.2) is 8.78 Å². The molecule has 0 spiro atoms. The zero-order chi connectivity index (χ0) is 22.8. The number of alkyl halides is 5. The number of anilines is 1. The monoisotopic (exact) mass is 458 g/mol. The van der Waals surface area contributed by atoms with E-state index in [2.05, 4.69) is 10.3 Å². The molecule has 1 saturated carbocycles. The van der Waals surface area contributed by atoms with Gasteiger partial charge in [0.15, 0.2) is 0 Å². The van der Waals surface area contributed by atoms with Gasteiger partial charge in [0, 0.05) is 35.5 Å². The minimum Gasteiger partial charge on any atom is -0.322 e. The SMILES string of the molecule is CSc1cccc(NC(=O)c2c(C3CCCC(F)(F)CC3)ncc(C(F)(F)F)c2C)c1. The fourth-order valence-electron chi connectivity index (χ4n) is 3.93. The summed E-state index contributed by atoms with van der Waals surface area (Å²) in [6, 6.07) is 6.92. The van der Waals surface area contributed by atoms with Gasteiger partial charge in [-0.2, -0.15) is 13.2 Å². The lowest BCUT2D eigenvalue weighted by molar-refractivity contribution is -0.138. The Morgan fingerprint density at radius 3 is 2.65 bits per heavy atom. The third kappa shape index (κ3) is 5.56. The van der Waals surface area contributed by atoms with Crippen molar-refractivity contribution in [3.05, 3.63) is 52.8 Å². The first-order valence-corrected chi connectivity index (χ1v) is 11.1. The van der Waals surface area contributed by atoms with E-state index in [0.29, 0.717) is 18.3 Å². The number of nitrogens with one attached hydrogen (secondary N) is 1. The molecule has 3 nitrogen and oxygen atoms in total. The number of hydrogen-bond acceptors (Lipinski definition) is 3. The molecular formula is C22H23F5N2OS. The van der Waals surface area contributed by atoms with E-state index in [-0.39, 0.29) is 42.5 Å². The second-order valence-corrected chi connectivity index (χ2v) is 8.60. The number of nitrogens with zero attached hydrogens (tertiary/aromatic N) is 1. The number of aromatic nitrogens is 1. The largest absolute Gasteiger partial charge is 0.418 e. The molecule has 9 heteroatoms. The molecule has 1 amide bonds. The van der Waals surface area contributed by atoms with Crippen LogP contribution in [-0.2, 0) is 6.18 Å². The number of carbonyl (C=O) groups excluding carboxylic acids is 1. The van der Waals surface area contributed by atoms with Crippen LogP contribution in [0.4, 0.5) is 27.6 Å². The third-order valence-corrected chi connectivity index (χ3v) is 6.29. The Morgan fingerprint density at radius 2 is 1.97 bits per heavy atom. The summed E-state index contributed by atoms with van der Waals surface area (Å²) in [5, 5.41) is 2.66. The van der Waals surface area contributed by atoms with Gasteiger partial charge in [0.25, 0.3) is 5.91 Å². The van der Waals surface area contributed by atoms with Crippen LogP contribution in [0, 0.1) is 6.92 Å². The highest BCUT2D eigenvalue weighted by atomic mass is 32.2. The summed E-state index contributed by atoms with van der Waals surface area (Å²) in [5.74, 6) is -4.04. The molecular weight excluding hydrogens is 435 g/mol. The van der Waals surface area contributed by atoms with Crippen molar-refractivity contribution in [2.24, 2.45) is 0 Å². The molecule has 1 aliphatic carbocycles. The van der Waals surface area contributed by atoms with Crippen LogP contribution in [0.5, 0.6) is 0 Å². The predicted molar refractivity (Wildman–Crippen MR) is 111 cm³/mol. The van der Waals surface area contributed by atoms with Gasteiger partial charge >= 0.3 is 6.18 Å². The van der Waals surface area contributed by atoms with Crippen LogP contribution in [0.2, 0.25) is 0 Å². The highest BCUT2D eigenvalue weighted by Gasteiger charge is 2.38. The molecule has 1 aliphatic rings. The predicted octanol–water partition coefficient (Wildman–Crippen LogP) is 7.07. The molecule has 2 aromatic rings. The van der Waals surface area contributed by atoms with E-state index in [4.69, 9.17) is 0 Å². The van der Waals surface area contributed by atoms with Crippen LogP contribution in [0.1, 0.15) is 65.2 Å². The maximum Gasteiger partial charge on any atom is 0.418 e. The minimum absolute atomic E-state index is 0.0625. The molecule has 1 N–H and O–H groups in total. The Balaban J connectivity index is 2.03. The Hall–Kier alpha value is -2.16. The topological polar surface area (TPSA) is 42.0 Å². The van der Waals surface area contributed by atoms with Crippen LogP contribution in [-0.4, -0.2) is 23.1 Å². The lowest BCUT2D eigenvalue weighted by Gasteiger charge is -2.22. The zero-order valence-corrected chi connectivity index (χ0v) is 18.0. The molecule has 1 fully saturated rings. The van der Waals surface area contributed by atoms with E-state index in [9.17, 15) is 26.7 Å². The Bertz CT molecular complexity index is 961. The molecule has 1 atom stereocenters. The van der Waals surface area contributed by atoms with E-state index < -0.39 is 29.5 Å². The van der Waals surface area contributed by atoms with Gasteiger partial charge in [-0.1, -0.05) is 6.07 Å². The zero-order valence-electron chi connectivity index (χ0n) is 17.2. The van der Waals surface area contributed by atoms with E-state index in [0.717, 1.165) is 4.90 Å². The van der Waals surface area contributed by atoms with Crippen LogP contribution in [0.15, 0.2) is 35.4 Å². The molecule has 1 heterocycles. The van der Waals surface area contributed by atoms with E-state index in [1.165, 1.54) is 18.7 Å². The van der Waals surface area contributed by atoms with Crippen molar-refractivity contribution in [3.8, 4) is 0 Å². The first-order valence-electron chi connectivity index (χ1n) is 9.92. The second kappa shape index (κ2) is 9.14. The van der Waals surface area contributed by atoms with Crippen molar-refractivity contribution < 1.29 is 26.7 Å². The quantitative estimate of drug-likeness (QED) is 0.303. The number of thioether (sulfide) groups is 1. The minimum atomic E-state index is -4.68. The maximum atomic E-state index is 13.8. The summed E-state index contributed by atoms with van der Waals surface area (Å²) in [6.07, 6.45) is -2.14. The van der Waals surface area contributed by atoms with E-state index in [1.54, 1.807) is 18.2 Å². The highest BCUT2D eigenvalue weighted by molar-refractivity contribution is 7.98. The number of pyridine rings is 1. The van der Waals surface area contributed by atoms with Crippen LogP contribution in [0.25, 0.3) is 0 Å². The molecule has 168 valence electrons. The Morgan fingerprint density at radius 1 is 1.23 bits per heavy atom. The first kappa shape index (κ1) is 23.5. The molecule has 1 unspecified atom stereocenters. The van der Waals surface area contributed by atoms with Crippen LogP contribution in [0.3, 0.4) is 0 Å². The summed E-state index contributed by atoms with van der Waals surface area (Å²) >= 11 is 1.46. The summed E-state index contributed by atoms with van der Waals surface area (Å²) < 4.78 is 68.1. The Labute approximate surface area is 181 Å². The number of carbonyl (C=O) groups is 1. The molecule has 0 aliphatic heterocycles. The van der Waals surface area contributed by atoms with Crippen LogP contribution < -0.4 is 5.32 Å². The van der Waals surface area contributed by atoms with Crippen molar-refractivity contribution in [1.29, 1.82) is 0 Å². The summed E-state index contributed by atoms with van der Waals surface area (Å²) in [7, 11) is 0. The highest BCUT2D eigenvalue weighted by Crippen LogP contribution is 2.41. The fourth-order valence-corrected chi connectivity index (χ4v) is 4.39. The standard InChI is InChI=1S/C22H23F5N2OS/c1-13-17(22(25,26)27)12-28-19(14-5-4-9-21(23,24)10-8-14)18(13)20(30)29-15-6-3-7-16(11-15)31-2/h3,6-7,11-12,14H,4-5,8-10H2,1-2H3,(H,29,30). The molecule has 31 heavy (non-hydrogen) atoms. The molecule has 0 saturated heterocycles. The van der Waals surface area contributed by atoms with Crippen LogP contribution >= 0.6 is 11.8 Å². The van der Waals surface area contributed by atoms with Crippen molar-refractivity contribution in [1.82, 2.24) is 4.98 Å². The maximum absolute atomic E-state index is 13.8. The van der Waals surface area contributed by atoms with E-state index >= 15 is 0 Å². The lowest BCUT2D eigenvalue weighted by atomic mass is 9.89. The van der Waals surface area contributed by atoms with Gasteiger partial charge in [0.05, 0.1) is 16.8 Å². The normalized spacial score (nSPS) is 19.0. The lowest BCUT2D eigenvalue weighted by Crippen LogP contribution is -2.22. The summed E-state index contributed by atoms with van der Waals surface area (Å²) in [5.41, 5.74) is -0.835. The molecule has 1 aromatic heterocycles. The first-order chi connectivity index (χ1) is 14.5. The average Bonchev–Trinajstić information content (AvgIpc) is 2.87. The molecule has 1 aromatic carbocycles. The van der Waals surface area contributed by atoms with Gasteiger partial charge in [-0.15, -0.1) is 11.8 Å². The summed E-state index contributed by atoms with van der Waals surface area (Å²) in [6.45, 7) is 1.23. The van der Waals surface area contributed by atoms with Crippen molar-refractivity contribution >= 4 is 23.4 Å². The average molecular weight is 458 g/mol. The van der Waals surface area contributed by atoms with Crippen molar-refractivity contribution in [2.45, 2.75) is 61.9 Å². The van der Waals surface area contributed by atoms with Gasteiger partial charge in [-0.3, -0.25) is 9.78 Å². The van der Waals surface area contributed by atoms with Gasteiger partial charge in [0.2, 0.25) is 5.92 Å². The van der Waals surface area contributed by atoms with Gasteiger partial charge < -0.3 is 5.32 Å². The van der Waals surface area contributed by atoms with Gasteiger partial charge in [0.1, 0.15) is 0 Å². The smallest absolute Gasteiger partial charge is 0.322 e. The number of rotatable bonds is 4. The molecule has 0 radical (unpaired) electrons. The van der Waals surface area contributed by atoms with Crippen molar-refractivity contribution in [2.75, 3.05) is 11.6 Å². The second-order valence-electron chi connectivity index (χ2n) is 7.72. The third-order valence-electron chi connectivity index (χ3n) is 5.57. The number of hydrogen-bond donors (Lipinski definition) is 1.